The summed E-state index contributed by atoms with van der Waals surface area (Å²) >= 11 is 0. The molecule has 0 radical (unpaired) electrons. The first kappa shape index (κ1) is 55.7. The zero-order valence-electron chi connectivity index (χ0n) is 53.4. The topological polar surface area (TPSA) is 25.4 Å². The summed E-state index contributed by atoms with van der Waals surface area (Å²) in [5.74, 6) is 1.63. The molecular weight excluding hydrogens is 1190 g/mol. The molecule has 4 heterocycles. The van der Waals surface area contributed by atoms with Crippen LogP contribution in [0.15, 0.2) is 358 Å². The molecule has 20 rings (SSSR count). The highest BCUT2D eigenvalue weighted by Crippen LogP contribution is 2.54. The van der Waals surface area contributed by atoms with Gasteiger partial charge in [-0.2, -0.15) is 0 Å². The van der Waals surface area contributed by atoms with Crippen molar-refractivity contribution in [2.75, 3.05) is 24.5 Å². The van der Waals surface area contributed by atoms with Crippen LogP contribution in [0.5, 0.6) is 11.5 Å². The lowest BCUT2D eigenvalue weighted by Crippen LogP contribution is -2.64. The van der Waals surface area contributed by atoms with E-state index >= 15 is 0 Å². The molecule has 0 spiro atoms. The fourth-order valence-electron chi connectivity index (χ4n) is 16.5. The molecule has 0 fully saturated rings. The lowest BCUT2D eigenvalue weighted by atomic mass is 9.30. The summed E-state index contributed by atoms with van der Waals surface area (Å²) in [5.41, 5.74) is 25.6. The molecule has 0 saturated heterocycles. The Morgan fingerprint density at radius 2 is 0.653 bits per heavy atom. The van der Waals surface area contributed by atoms with Gasteiger partial charge in [0.1, 0.15) is 11.5 Å². The molecule has 0 unspecified atom stereocenters. The third-order valence-corrected chi connectivity index (χ3v) is 20.5. The zero-order valence-corrected chi connectivity index (χ0v) is 53.4. The molecule has 0 N–H and O–H groups in total. The van der Waals surface area contributed by atoms with Crippen LogP contribution in [0.25, 0.3) is 43.4 Å². The fraction of sp³-hybridized carbons (Fsp3) is 0. The van der Waals surface area contributed by atoms with Crippen LogP contribution in [-0.4, -0.2) is 13.4 Å². The van der Waals surface area contributed by atoms with Crippen molar-refractivity contribution in [3.05, 3.63) is 358 Å². The summed E-state index contributed by atoms with van der Waals surface area (Å²) in [6, 6.07) is 132. The van der Waals surface area contributed by atoms with Gasteiger partial charge in [-0.3, -0.25) is 0 Å². The fourth-order valence-corrected chi connectivity index (χ4v) is 16.5. The molecule has 0 aromatic heterocycles. The Hall–Kier alpha value is -12.8. The summed E-state index contributed by atoms with van der Waals surface area (Å²) < 4.78 is 7.94. The number of ether oxygens (including phenoxy) is 1. The molecule has 98 heavy (non-hydrogen) atoms. The Bertz CT molecular complexity index is 5710. The van der Waals surface area contributed by atoms with Gasteiger partial charge >= 0.3 is 0 Å². The average molecular weight is 1250 g/mol. The van der Waals surface area contributed by atoms with E-state index in [1.807, 2.05) is 0 Å². The average Bonchev–Trinajstić information content (AvgIpc) is 0.685. The molecule has 0 amide bonds. The van der Waals surface area contributed by atoms with E-state index < -0.39 is 0 Å². The number of anilines is 15. The van der Waals surface area contributed by atoms with Crippen LogP contribution in [0.3, 0.4) is 0 Å². The smallest absolute Gasteiger partial charge is 0.256 e. The number of benzene rings is 16. The van der Waals surface area contributed by atoms with Gasteiger partial charge in [-0.05, 0) is 175 Å². The Labute approximate surface area is 570 Å². The first-order valence-electron chi connectivity index (χ1n) is 33.8. The van der Waals surface area contributed by atoms with Crippen LogP contribution in [0.2, 0.25) is 0 Å². The van der Waals surface area contributed by atoms with Crippen LogP contribution in [0.4, 0.5) is 85.3 Å². The lowest BCUT2D eigenvalue weighted by Gasteiger charge is -2.46. The Balaban J connectivity index is 0.918. The highest BCUT2D eigenvalue weighted by atomic mass is 16.5. The summed E-state index contributed by atoms with van der Waals surface area (Å²) in [7, 11) is 0. The quantitative estimate of drug-likeness (QED) is 0.1000. The molecule has 16 aromatic carbocycles. The first-order chi connectivity index (χ1) is 48.7. The minimum atomic E-state index is -0.230. The van der Waals surface area contributed by atoms with Crippen molar-refractivity contribution in [1.29, 1.82) is 0 Å². The third-order valence-electron chi connectivity index (χ3n) is 20.5. The van der Waals surface area contributed by atoms with Gasteiger partial charge in [0.2, 0.25) is 0 Å². The van der Waals surface area contributed by atoms with Crippen molar-refractivity contribution < 1.29 is 4.74 Å². The van der Waals surface area contributed by atoms with Gasteiger partial charge in [0.25, 0.3) is 13.4 Å². The van der Waals surface area contributed by atoms with E-state index in [4.69, 9.17) is 4.74 Å². The summed E-state index contributed by atoms with van der Waals surface area (Å²) in [6.07, 6.45) is 0. The highest BCUT2D eigenvalue weighted by molar-refractivity contribution is 7.02. The van der Waals surface area contributed by atoms with E-state index in [1.54, 1.807) is 0 Å². The minimum Gasteiger partial charge on any atom is -0.458 e. The van der Waals surface area contributed by atoms with Gasteiger partial charge in [0.05, 0.1) is 17.1 Å². The number of rotatable bonds is 10. The second kappa shape index (κ2) is 22.4. The molecule has 0 bridgehead atoms. The maximum Gasteiger partial charge on any atom is 0.256 e. The Morgan fingerprint density at radius 1 is 0.245 bits per heavy atom. The van der Waals surface area contributed by atoms with Gasteiger partial charge in [-0.15, -0.1) is 0 Å². The predicted molar refractivity (Wildman–Crippen MR) is 414 cm³/mol. The van der Waals surface area contributed by atoms with Crippen molar-refractivity contribution >= 4 is 164 Å². The Morgan fingerprint density at radius 3 is 1.17 bits per heavy atom. The van der Waals surface area contributed by atoms with Gasteiger partial charge in [-0.25, -0.2) is 0 Å². The molecule has 0 atom stereocenters. The second-order valence-electron chi connectivity index (χ2n) is 25.9. The molecule has 0 aliphatic carbocycles. The van der Waals surface area contributed by atoms with E-state index in [2.05, 4.69) is 382 Å². The Kier molecular flexibility index (Phi) is 12.7. The summed E-state index contributed by atoms with van der Waals surface area (Å²) in [4.78, 5) is 12.4. The molecule has 8 heteroatoms. The van der Waals surface area contributed by atoms with Crippen molar-refractivity contribution in [2.24, 2.45) is 0 Å². The number of fused-ring (bicyclic) bond motifs is 11. The van der Waals surface area contributed by atoms with Crippen LogP contribution in [-0.2, 0) is 0 Å². The van der Waals surface area contributed by atoms with Gasteiger partial charge in [0, 0.05) is 91.2 Å². The van der Waals surface area contributed by atoms with Crippen molar-refractivity contribution in [3.63, 3.8) is 0 Å². The van der Waals surface area contributed by atoms with Crippen LogP contribution >= 0.6 is 0 Å². The van der Waals surface area contributed by atoms with E-state index in [1.165, 1.54) is 54.5 Å². The van der Waals surface area contributed by atoms with E-state index in [0.717, 1.165) is 119 Å². The minimum absolute atomic E-state index is 0.217. The number of hydrogen-bond donors (Lipinski definition) is 0. The maximum atomic E-state index is 7.94. The van der Waals surface area contributed by atoms with Gasteiger partial charge < -0.3 is 29.2 Å². The first-order valence-corrected chi connectivity index (χ1v) is 33.8. The van der Waals surface area contributed by atoms with E-state index in [9.17, 15) is 0 Å². The normalized spacial score (nSPS) is 12.9. The SMILES string of the molecule is c1ccc(N(c2ccccc2)c2cc3c4c(c2)N(c2ccccc2)c2ccccc2B4c2cc4c(cc2O3)N(c2c3ccccc3c(-c3ccc5ccccc5c3)c3ccccc23)c2cc(N(c3ccccc3)c3ccccc3)cc3c2B4c2ccccc2N3c2ccccc2)cc1. The standard InChI is InChI=1S/C90H59B2N5O/c1-7-31-63(32-8-1)93(64-33-9-2-10-34-64)69-54-82-88-83(55-69)97(90-73-45-23-21-43-71(73)87(72-44-22-24-46-74(72)90)62-52-51-60-29-19-20-30-61(60)53-62)81-59-85-78(58-77(81)91(88)75-47-25-27-49-79(75)95(82)67-39-15-5-16-40-67)92-76-48-26-28-50-80(76)96(68-41-17-6-18-42-68)84-56-70(57-86(98-85)89(84)92)94(65-35-11-3-12-36-65)66-37-13-4-14-38-66/h1-59H. The molecule has 0 saturated carbocycles. The van der Waals surface area contributed by atoms with E-state index in [0.29, 0.717) is 0 Å². The van der Waals surface area contributed by atoms with Gasteiger partial charge in [-0.1, -0.05) is 237 Å². The lowest BCUT2D eigenvalue weighted by molar-refractivity contribution is 0.488. The van der Waals surface area contributed by atoms with Crippen molar-refractivity contribution in [2.45, 2.75) is 0 Å². The maximum absolute atomic E-state index is 7.94. The molecule has 6 nitrogen and oxygen atoms in total. The van der Waals surface area contributed by atoms with Gasteiger partial charge in [0.15, 0.2) is 0 Å². The second-order valence-corrected chi connectivity index (χ2v) is 25.9. The molecule has 4 aliphatic heterocycles. The number of para-hydroxylation sites is 8. The molecule has 456 valence electrons. The van der Waals surface area contributed by atoms with Crippen molar-refractivity contribution in [1.82, 2.24) is 0 Å². The zero-order chi connectivity index (χ0) is 64.4. The monoisotopic (exact) mass is 1250 g/mol. The predicted octanol–water partition coefficient (Wildman–Crippen LogP) is 20.2. The highest BCUT2D eigenvalue weighted by Gasteiger charge is 2.49. The van der Waals surface area contributed by atoms with Crippen molar-refractivity contribution in [3.8, 4) is 22.6 Å². The number of nitrogens with zero attached hydrogens (tertiary/aromatic N) is 5. The van der Waals surface area contributed by atoms with Crippen LogP contribution < -0.4 is 62.0 Å². The van der Waals surface area contributed by atoms with Crippen LogP contribution in [0.1, 0.15) is 0 Å². The van der Waals surface area contributed by atoms with Crippen LogP contribution in [0, 0.1) is 0 Å². The molecule has 16 aromatic rings. The third kappa shape index (κ3) is 8.64. The largest absolute Gasteiger partial charge is 0.458 e. The summed E-state index contributed by atoms with van der Waals surface area (Å²) in [6.45, 7) is -0.447. The number of hydrogen-bond acceptors (Lipinski definition) is 6. The molecule has 4 aliphatic rings. The summed E-state index contributed by atoms with van der Waals surface area (Å²) in [5, 5.41) is 7.04. The van der Waals surface area contributed by atoms with E-state index in [-0.39, 0.29) is 13.4 Å². The molecular formula is C90H59B2N5O.